The number of nitrogens with one attached hydrogen (secondary N) is 2. The number of hydrogen-bond acceptors (Lipinski definition) is 7. The number of amides is 2. The zero-order valence-corrected chi connectivity index (χ0v) is 20.6. The molecule has 38 heavy (non-hydrogen) atoms. The van der Waals surface area contributed by atoms with Gasteiger partial charge in [-0.1, -0.05) is 6.07 Å². The number of carboxylic acid groups (broad SMARTS) is 1. The Hall–Kier alpha value is -4.30. The standard InChI is InChI=1S/C24H20F3N5O5S/c1-11(9-33)32-8-16(22(35)36)20(34)14-5-12(3-4-17(14)32)15-7-29-19(31-23(37)28-2)6-13(15)21-30-18(10-38-21)24(25,26)27/h3-8,10-11,33H,9H2,1-2H3,(H,35,36)(H2,28,29,31,37)/t11-/m0/s1. The average molecular weight is 548 g/mol. The number of carbonyl (C=O) groups is 2. The number of carbonyl (C=O) groups excluding carboxylic acids is 1. The molecule has 0 spiro atoms. The lowest BCUT2D eigenvalue weighted by atomic mass is 9.99. The molecule has 1 atom stereocenters. The van der Waals surface area contributed by atoms with Crippen molar-refractivity contribution in [3.63, 3.8) is 0 Å². The average Bonchev–Trinajstić information content (AvgIpc) is 3.39. The molecule has 2 amide bonds. The number of aromatic nitrogens is 3. The monoisotopic (exact) mass is 547 g/mol. The predicted octanol–water partition coefficient (Wildman–Crippen LogP) is 4.21. The van der Waals surface area contributed by atoms with Crippen LogP contribution in [-0.2, 0) is 6.18 Å². The van der Waals surface area contributed by atoms with Crippen molar-refractivity contribution in [2.24, 2.45) is 0 Å². The summed E-state index contributed by atoms with van der Waals surface area (Å²) in [6.45, 7) is 1.32. The first-order valence-corrected chi connectivity index (χ1v) is 11.9. The quantitative estimate of drug-likeness (QED) is 0.283. The largest absolute Gasteiger partial charge is 0.477 e. The number of thiazole rings is 1. The molecule has 4 N–H and O–H groups in total. The SMILES string of the molecule is CNC(=O)Nc1cc(-c2nc(C(F)(F)F)cs2)c(-c2ccc3c(c2)c(=O)c(C(=O)O)cn3[C@@H](C)CO)cn1. The van der Waals surface area contributed by atoms with E-state index in [1.54, 1.807) is 19.1 Å². The van der Waals surface area contributed by atoms with E-state index in [0.717, 1.165) is 22.9 Å². The number of urea groups is 1. The van der Waals surface area contributed by atoms with E-state index >= 15 is 0 Å². The van der Waals surface area contributed by atoms with Crippen LogP contribution >= 0.6 is 11.3 Å². The molecule has 0 aliphatic carbocycles. The van der Waals surface area contributed by atoms with Crippen LogP contribution in [0.4, 0.5) is 23.8 Å². The number of alkyl halides is 3. The summed E-state index contributed by atoms with van der Waals surface area (Å²) in [5, 5.41) is 24.9. The van der Waals surface area contributed by atoms with Crippen molar-refractivity contribution < 1.29 is 33.0 Å². The van der Waals surface area contributed by atoms with Crippen LogP contribution in [0.1, 0.15) is 29.0 Å². The van der Waals surface area contributed by atoms with Crippen molar-refractivity contribution in [2.75, 3.05) is 19.0 Å². The maximum absolute atomic E-state index is 13.3. The minimum Gasteiger partial charge on any atom is -0.477 e. The third-order valence-corrected chi connectivity index (χ3v) is 6.59. The van der Waals surface area contributed by atoms with E-state index in [1.807, 2.05) is 0 Å². The molecule has 3 aromatic heterocycles. The molecule has 0 unspecified atom stereocenters. The van der Waals surface area contributed by atoms with Crippen molar-refractivity contribution >= 4 is 40.1 Å². The second-order valence-corrected chi connectivity index (χ2v) is 9.06. The Kier molecular flexibility index (Phi) is 7.20. The Balaban J connectivity index is 1.97. The van der Waals surface area contributed by atoms with Crippen LogP contribution < -0.4 is 16.1 Å². The van der Waals surface area contributed by atoms with Crippen LogP contribution in [0.15, 0.2) is 46.8 Å². The van der Waals surface area contributed by atoms with Gasteiger partial charge >= 0.3 is 18.2 Å². The number of halogens is 3. The fourth-order valence-electron chi connectivity index (χ4n) is 3.77. The van der Waals surface area contributed by atoms with E-state index in [0.29, 0.717) is 16.6 Å². The van der Waals surface area contributed by atoms with Crippen molar-refractivity contribution in [1.82, 2.24) is 19.9 Å². The van der Waals surface area contributed by atoms with E-state index in [9.17, 15) is 37.8 Å². The van der Waals surface area contributed by atoms with Gasteiger partial charge in [0.1, 0.15) is 16.4 Å². The molecule has 10 nitrogen and oxygen atoms in total. The molecule has 0 bridgehead atoms. The Morgan fingerprint density at radius 1 is 1.21 bits per heavy atom. The smallest absolute Gasteiger partial charge is 0.434 e. The van der Waals surface area contributed by atoms with E-state index in [4.69, 9.17) is 0 Å². The lowest BCUT2D eigenvalue weighted by molar-refractivity contribution is -0.140. The molecule has 1 aromatic carbocycles. The van der Waals surface area contributed by atoms with Crippen LogP contribution in [0.3, 0.4) is 0 Å². The topological polar surface area (TPSA) is 146 Å². The van der Waals surface area contributed by atoms with Crippen LogP contribution in [0.2, 0.25) is 0 Å². The summed E-state index contributed by atoms with van der Waals surface area (Å²) < 4.78 is 41.2. The van der Waals surface area contributed by atoms with E-state index in [2.05, 4.69) is 20.6 Å². The molecule has 198 valence electrons. The Morgan fingerprint density at radius 2 is 1.95 bits per heavy atom. The molecular weight excluding hydrogens is 527 g/mol. The Bertz CT molecular complexity index is 1620. The lowest BCUT2D eigenvalue weighted by Gasteiger charge is -2.18. The third-order valence-electron chi connectivity index (χ3n) is 5.71. The highest BCUT2D eigenvalue weighted by molar-refractivity contribution is 7.13. The van der Waals surface area contributed by atoms with Crippen LogP contribution in [0.5, 0.6) is 0 Å². The minimum atomic E-state index is -4.67. The highest BCUT2D eigenvalue weighted by Crippen LogP contribution is 2.39. The zero-order chi connectivity index (χ0) is 27.8. The first-order valence-electron chi connectivity index (χ1n) is 11.0. The van der Waals surface area contributed by atoms with Crippen LogP contribution in [0.25, 0.3) is 32.6 Å². The summed E-state index contributed by atoms with van der Waals surface area (Å²) in [6, 6.07) is 4.76. The normalized spacial score (nSPS) is 12.4. The van der Waals surface area contributed by atoms with Gasteiger partial charge in [0.05, 0.1) is 18.2 Å². The van der Waals surface area contributed by atoms with Gasteiger partial charge in [-0.2, -0.15) is 13.2 Å². The van der Waals surface area contributed by atoms with Gasteiger partial charge < -0.3 is 20.1 Å². The summed E-state index contributed by atoms with van der Waals surface area (Å²) in [6.07, 6.45) is -2.20. The van der Waals surface area contributed by atoms with Gasteiger partial charge in [-0.3, -0.25) is 10.1 Å². The number of aliphatic hydroxyl groups is 1. The molecule has 4 rings (SSSR count). The van der Waals surface area contributed by atoms with Crippen molar-refractivity contribution in [2.45, 2.75) is 19.1 Å². The number of carboxylic acids is 1. The third kappa shape index (κ3) is 5.08. The molecular formula is C24H20F3N5O5S. The number of aromatic carboxylic acids is 1. The summed E-state index contributed by atoms with van der Waals surface area (Å²) in [5.74, 6) is -1.41. The molecule has 0 aliphatic rings. The fourth-order valence-corrected chi connectivity index (χ4v) is 4.62. The Morgan fingerprint density at radius 3 is 2.55 bits per heavy atom. The number of fused-ring (bicyclic) bond motifs is 1. The molecule has 0 radical (unpaired) electrons. The number of hydrogen-bond donors (Lipinski definition) is 4. The van der Waals surface area contributed by atoms with Gasteiger partial charge in [-0.05, 0) is 30.7 Å². The second kappa shape index (κ2) is 10.2. The summed E-state index contributed by atoms with van der Waals surface area (Å²) in [5.41, 5.74) is -1.18. The first kappa shape index (κ1) is 26.8. The van der Waals surface area contributed by atoms with Gasteiger partial charge in [0.15, 0.2) is 5.69 Å². The van der Waals surface area contributed by atoms with E-state index < -0.39 is 40.9 Å². The highest BCUT2D eigenvalue weighted by atomic mass is 32.1. The fraction of sp³-hybridized carbons (Fsp3) is 0.208. The number of anilines is 1. The molecule has 0 fully saturated rings. The second-order valence-electron chi connectivity index (χ2n) is 8.20. The van der Waals surface area contributed by atoms with Gasteiger partial charge in [0.2, 0.25) is 5.43 Å². The molecule has 3 heterocycles. The molecule has 0 saturated heterocycles. The zero-order valence-electron chi connectivity index (χ0n) is 19.8. The van der Waals surface area contributed by atoms with Crippen LogP contribution in [-0.4, -0.2) is 50.4 Å². The van der Waals surface area contributed by atoms with Crippen molar-refractivity contribution in [3.05, 3.63) is 63.5 Å². The summed E-state index contributed by atoms with van der Waals surface area (Å²) in [4.78, 5) is 44.4. The van der Waals surface area contributed by atoms with E-state index in [1.165, 1.54) is 29.9 Å². The van der Waals surface area contributed by atoms with Gasteiger partial charge in [0, 0.05) is 41.3 Å². The molecule has 4 aromatic rings. The van der Waals surface area contributed by atoms with Gasteiger partial charge in [0.25, 0.3) is 0 Å². The maximum Gasteiger partial charge on any atom is 0.434 e. The first-order chi connectivity index (χ1) is 17.9. The minimum absolute atomic E-state index is 0.0135. The van der Waals surface area contributed by atoms with Crippen molar-refractivity contribution in [1.29, 1.82) is 0 Å². The number of pyridine rings is 2. The van der Waals surface area contributed by atoms with E-state index in [-0.39, 0.29) is 28.4 Å². The number of aliphatic hydroxyl groups excluding tert-OH is 1. The number of rotatable bonds is 6. The number of benzene rings is 1. The maximum atomic E-state index is 13.3. The van der Waals surface area contributed by atoms with Gasteiger partial charge in [-0.15, -0.1) is 11.3 Å². The van der Waals surface area contributed by atoms with Crippen LogP contribution in [0, 0.1) is 0 Å². The summed E-state index contributed by atoms with van der Waals surface area (Å²) in [7, 11) is 1.38. The summed E-state index contributed by atoms with van der Waals surface area (Å²) >= 11 is 0.736. The number of nitrogens with zero attached hydrogens (tertiary/aromatic N) is 3. The predicted molar refractivity (Wildman–Crippen MR) is 134 cm³/mol. The Labute approximate surface area is 216 Å². The molecule has 0 saturated carbocycles. The van der Waals surface area contributed by atoms with Gasteiger partial charge in [-0.25, -0.2) is 19.6 Å². The van der Waals surface area contributed by atoms with Crippen molar-refractivity contribution in [3.8, 4) is 21.7 Å². The highest BCUT2D eigenvalue weighted by Gasteiger charge is 2.34. The molecule has 14 heteroatoms. The lowest BCUT2D eigenvalue weighted by Crippen LogP contribution is -2.25. The molecule has 0 aliphatic heterocycles.